The van der Waals surface area contributed by atoms with Gasteiger partial charge in [0, 0.05) is 32.7 Å². The molecule has 2 aromatic carbocycles. The minimum atomic E-state index is -3.91. The smallest absolute Gasteiger partial charge is 0.244 e. The number of amides is 2. The van der Waals surface area contributed by atoms with Crippen LogP contribution >= 0.6 is 46.4 Å². The van der Waals surface area contributed by atoms with E-state index in [-0.39, 0.29) is 28.3 Å². The van der Waals surface area contributed by atoms with E-state index in [0.717, 1.165) is 10.6 Å². The molecule has 2 rings (SSSR count). The van der Waals surface area contributed by atoms with Crippen LogP contribution in [0.5, 0.6) is 0 Å². The third-order valence-corrected chi connectivity index (χ3v) is 6.93. The lowest BCUT2D eigenvalue weighted by Crippen LogP contribution is -2.52. The van der Waals surface area contributed by atoms with Gasteiger partial charge in [0.2, 0.25) is 21.8 Å². The van der Waals surface area contributed by atoms with Gasteiger partial charge in [-0.1, -0.05) is 52.5 Å². The maximum Gasteiger partial charge on any atom is 0.244 e. The van der Waals surface area contributed by atoms with Crippen LogP contribution in [0.4, 0.5) is 5.69 Å². The van der Waals surface area contributed by atoms with Crippen LogP contribution in [-0.2, 0) is 26.2 Å². The van der Waals surface area contributed by atoms with Crippen LogP contribution in [0, 0.1) is 0 Å². The molecule has 2 amide bonds. The van der Waals surface area contributed by atoms with E-state index in [9.17, 15) is 18.0 Å². The summed E-state index contributed by atoms with van der Waals surface area (Å²) in [5.74, 6) is -1.02. The molecule has 0 fully saturated rings. The molecule has 0 radical (unpaired) electrons. The van der Waals surface area contributed by atoms with Crippen molar-refractivity contribution < 1.29 is 18.0 Å². The Morgan fingerprint density at radius 1 is 0.941 bits per heavy atom. The summed E-state index contributed by atoms with van der Waals surface area (Å²) in [7, 11) is -3.91. The molecule has 0 aliphatic rings. The van der Waals surface area contributed by atoms with Gasteiger partial charge in [-0.2, -0.15) is 0 Å². The van der Waals surface area contributed by atoms with E-state index >= 15 is 0 Å². The highest BCUT2D eigenvalue weighted by Crippen LogP contribution is 2.28. The zero-order valence-corrected chi connectivity index (χ0v) is 22.8. The van der Waals surface area contributed by atoms with Gasteiger partial charge >= 0.3 is 0 Å². The molecule has 0 aliphatic carbocycles. The highest BCUT2D eigenvalue weighted by atomic mass is 35.5. The average molecular weight is 569 g/mol. The van der Waals surface area contributed by atoms with Crippen molar-refractivity contribution in [3.63, 3.8) is 0 Å². The van der Waals surface area contributed by atoms with Crippen molar-refractivity contribution in [2.24, 2.45) is 0 Å². The molecule has 2 aromatic rings. The van der Waals surface area contributed by atoms with Crippen LogP contribution in [0.15, 0.2) is 36.4 Å². The Labute approximate surface area is 220 Å². The Morgan fingerprint density at radius 2 is 1.53 bits per heavy atom. The highest BCUT2D eigenvalue weighted by Gasteiger charge is 2.31. The van der Waals surface area contributed by atoms with E-state index in [1.54, 1.807) is 32.9 Å². The summed E-state index contributed by atoms with van der Waals surface area (Å²) in [4.78, 5) is 27.5. The largest absolute Gasteiger partial charge is 0.352 e. The fraction of sp³-hybridized carbons (Fsp3) is 0.364. The number of hydrogen-bond acceptors (Lipinski definition) is 4. The van der Waals surface area contributed by atoms with Gasteiger partial charge in [0.15, 0.2) is 0 Å². The number of benzene rings is 2. The van der Waals surface area contributed by atoms with E-state index in [1.807, 2.05) is 0 Å². The molecule has 0 spiro atoms. The molecule has 0 bridgehead atoms. The number of anilines is 1. The minimum Gasteiger partial charge on any atom is -0.352 e. The number of rotatable bonds is 9. The first kappa shape index (κ1) is 28.5. The van der Waals surface area contributed by atoms with Gasteiger partial charge in [-0.25, -0.2) is 8.42 Å². The van der Waals surface area contributed by atoms with E-state index < -0.39 is 34.4 Å². The molecular weight excluding hydrogens is 544 g/mol. The van der Waals surface area contributed by atoms with Crippen molar-refractivity contribution in [3.05, 3.63) is 62.1 Å². The Bertz CT molecular complexity index is 1150. The summed E-state index contributed by atoms with van der Waals surface area (Å²) < 4.78 is 26.0. The van der Waals surface area contributed by atoms with Crippen LogP contribution < -0.4 is 9.62 Å². The number of carbonyl (C=O) groups is 2. The maximum absolute atomic E-state index is 13.5. The van der Waals surface area contributed by atoms with E-state index in [1.165, 1.54) is 29.2 Å². The van der Waals surface area contributed by atoms with Gasteiger partial charge in [-0.15, -0.1) is 0 Å². The molecule has 0 heterocycles. The molecule has 0 unspecified atom stereocenters. The summed E-state index contributed by atoms with van der Waals surface area (Å²) in [6.07, 6.45) is 0.963. The predicted octanol–water partition coefficient (Wildman–Crippen LogP) is 5.01. The number of hydrogen-bond donors (Lipinski definition) is 1. The fourth-order valence-electron chi connectivity index (χ4n) is 3.12. The number of nitrogens with zero attached hydrogens (tertiary/aromatic N) is 2. The number of carbonyl (C=O) groups excluding carboxylic acids is 2. The van der Waals surface area contributed by atoms with Gasteiger partial charge in [0.1, 0.15) is 12.6 Å². The highest BCUT2D eigenvalue weighted by molar-refractivity contribution is 7.92. The minimum absolute atomic E-state index is 0.0462. The quantitative estimate of drug-likeness (QED) is 0.461. The van der Waals surface area contributed by atoms with Gasteiger partial charge in [0.05, 0.1) is 11.9 Å². The van der Waals surface area contributed by atoms with Crippen LogP contribution in [0.3, 0.4) is 0 Å². The molecule has 0 saturated heterocycles. The second kappa shape index (κ2) is 11.8. The van der Waals surface area contributed by atoms with Crippen molar-refractivity contribution in [1.82, 2.24) is 10.2 Å². The molecule has 186 valence electrons. The fourth-order valence-corrected chi connectivity index (χ4v) is 4.93. The van der Waals surface area contributed by atoms with Crippen molar-refractivity contribution >= 4 is 73.9 Å². The molecule has 34 heavy (non-hydrogen) atoms. The van der Waals surface area contributed by atoms with Crippen molar-refractivity contribution in [1.29, 1.82) is 0 Å². The number of nitrogens with one attached hydrogen (secondary N) is 1. The lowest BCUT2D eigenvalue weighted by atomic mass is 10.1. The first-order valence-corrected chi connectivity index (χ1v) is 13.5. The molecule has 12 heteroatoms. The Morgan fingerprint density at radius 3 is 2.03 bits per heavy atom. The summed E-state index contributed by atoms with van der Waals surface area (Å²) in [5, 5.41) is 3.90. The molecule has 7 nitrogen and oxygen atoms in total. The zero-order chi connectivity index (χ0) is 25.8. The lowest BCUT2D eigenvalue weighted by Gasteiger charge is -2.32. The van der Waals surface area contributed by atoms with Crippen LogP contribution in [0.25, 0.3) is 0 Å². The molecule has 1 N–H and O–H groups in total. The van der Waals surface area contributed by atoms with Gasteiger partial charge < -0.3 is 10.2 Å². The summed E-state index contributed by atoms with van der Waals surface area (Å²) in [5.41, 5.74) is 0.664. The Hall–Kier alpha value is -1.71. The standard InChI is InChI=1S/C22H25Cl4N3O4S/c1-13(2)27-22(31)14(3)28(11-15-5-6-16(23)10-20(15)26)21(30)12-29(34(4,32)33)19-8-17(24)7-18(25)9-19/h5-10,13-14H,11-12H2,1-4H3,(H,27,31)/t14-/m1/s1. The van der Waals surface area contributed by atoms with Crippen molar-refractivity contribution in [2.75, 3.05) is 17.1 Å². The van der Waals surface area contributed by atoms with Crippen LogP contribution in [0.1, 0.15) is 26.3 Å². The predicted molar refractivity (Wildman–Crippen MR) is 138 cm³/mol. The molecular formula is C22H25Cl4N3O4S. The Kier molecular flexibility index (Phi) is 9.91. The zero-order valence-electron chi connectivity index (χ0n) is 19.0. The summed E-state index contributed by atoms with van der Waals surface area (Å²) in [6.45, 7) is 4.51. The van der Waals surface area contributed by atoms with Gasteiger partial charge in [-0.3, -0.25) is 13.9 Å². The molecule has 1 atom stereocenters. The first-order chi connectivity index (χ1) is 15.7. The third-order valence-electron chi connectivity index (χ3n) is 4.77. The monoisotopic (exact) mass is 567 g/mol. The normalized spacial score (nSPS) is 12.4. The Balaban J connectivity index is 2.46. The molecule has 0 aliphatic heterocycles. The number of halogens is 4. The van der Waals surface area contributed by atoms with E-state index in [4.69, 9.17) is 46.4 Å². The van der Waals surface area contributed by atoms with Gasteiger partial charge in [0.25, 0.3) is 0 Å². The average Bonchev–Trinajstić information content (AvgIpc) is 2.68. The second-order valence-corrected chi connectivity index (χ2v) is 11.6. The van der Waals surface area contributed by atoms with E-state index in [0.29, 0.717) is 15.6 Å². The topological polar surface area (TPSA) is 86.8 Å². The van der Waals surface area contributed by atoms with Crippen molar-refractivity contribution in [3.8, 4) is 0 Å². The van der Waals surface area contributed by atoms with Crippen LogP contribution in [0.2, 0.25) is 20.1 Å². The second-order valence-electron chi connectivity index (χ2n) is 7.99. The molecule has 0 aromatic heterocycles. The molecule has 0 saturated carbocycles. The third kappa shape index (κ3) is 7.92. The van der Waals surface area contributed by atoms with Crippen molar-refractivity contribution in [2.45, 2.75) is 39.4 Å². The number of sulfonamides is 1. The maximum atomic E-state index is 13.5. The first-order valence-electron chi connectivity index (χ1n) is 10.2. The van der Waals surface area contributed by atoms with Gasteiger partial charge in [-0.05, 0) is 56.7 Å². The van der Waals surface area contributed by atoms with Crippen LogP contribution in [-0.4, -0.2) is 50.0 Å². The summed E-state index contributed by atoms with van der Waals surface area (Å²) in [6, 6.07) is 7.91. The lowest BCUT2D eigenvalue weighted by molar-refractivity contribution is -0.139. The summed E-state index contributed by atoms with van der Waals surface area (Å²) >= 11 is 24.4. The van der Waals surface area contributed by atoms with E-state index in [2.05, 4.69) is 5.32 Å². The SMILES string of the molecule is CC(C)NC(=O)[C@@H](C)N(Cc1ccc(Cl)cc1Cl)C(=O)CN(c1cc(Cl)cc(Cl)c1)S(C)(=O)=O.